The summed E-state index contributed by atoms with van der Waals surface area (Å²) in [6, 6.07) is 12.2. The highest BCUT2D eigenvalue weighted by molar-refractivity contribution is 7.98. The molecule has 3 aromatic rings. The molecular weight excluding hydrogens is 405 g/mol. The van der Waals surface area contributed by atoms with Crippen molar-refractivity contribution in [2.45, 2.75) is 5.16 Å². The highest BCUT2D eigenvalue weighted by Gasteiger charge is 2.20. The minimum Gasteiger partial charge on any atom is -0.451 e. The fourth-order valence-corrected chi connectivity index (χ4v) is 3.07. The van der Waals surface area contributed by atoms with Gasteiger partial charge in [0, 0.05) is 16.4 Å². The third kappa shape index (κ3) is 4.71. The first-order valence-corrected chi connectivity index (χ1v) is 9.68. The Balaban J connectivity index is 1.70. The molecule has 1 heterocycles. The Morgan fingerprint density at radius 2 is 1.86 bits per heavy atom. The van der Waals surface area contributed by atoms with Crippen molar-refractivity contribution >= 4 is 40.9 Å². The highest BCUT2D eigenvalue weighted by Crippen LogP contribution is 2.22. The van der Waals surface area contributed by atoms with Crippen LogP contribution in [0.2, 0.25) is 5.02 Å². The SMILES string of the molecule is CSc1ncc(C(=O)OCC(=O)Nc2ccc(Cl)cc2)n1-c1ccc(F)cc1. The van der Waals surface area contributed by atoms with E-state index in [9.17, 15) is 14.0 Å². The predicted octanol–water partition coefficient (Wildman–Crippen LogP) is 4.18. The molecule has 28 heavy (non-hydrogen) atoms. The molecule has 1 amide bonds. The van der Waals surface area contributed by atoms with Gasteiger partial charge in [-0.1, -0.05) is 23.4 Å². The number of carbonyl (C=O) groups excluding carboxylic acids is 2. The largest absolute Gasteiger partial charge is 0.451 e. The Morgan fingerprint density at radius 3 is 2.50 bits per heavy atom. The monoisotopic (exact) mass is 419 g/mol. The maximum atomic E-state index is 13.2. The fourth-order valence-electron chi connectivity index (χ4n) is 2.40. The van der Waals surface area contributed by atoms with E-state index in [0.29, 0.717) is 21.6 Å². The number of imidazole rings is 1. The average Bonchev–Trinajstić information content (AvgIpc) is 3.13. The van der Waals surface area contributed by atoms with Crippen LogP contribution in [0, 0.1) is 5.82 Å². The summed E-state index contributed by atoms with van der Waals surface area (Å²) >= 11 is 7.11. The van der Waals surface area contributed by atoms with Gasteiger partial charge in [0.15, 0.2) is 17.5 Å². The van der Waals surface area contributed by atoms with E-state index in [1.807, 2.05) is 0 Å². The second-order valence-electron chi connectivity index (χ2n) is 5.57. The topological polar surface area (TPSA) is 73.2 Å². The van der Waals surface area contributed by atoms with Crippen LogP contribution < -0.4 is 5.32 Å². The summed E-state index contributed by atoms with van der Waals surface area (Å²) in [5.74, 6) is -1.60. The van der Waals surface area contributed by atoms with E-state index in [1.54, 1.807) is 35.1 Å². The lowest BCUT2D eigenvalue weighted by molar-refractivity contribution is -0.119. The molecule has 144 valence electrons. The summed E-state index contributed by atoms with van der Waals surface area (Å²) in [7, 11) is 0. The number of thioether (sulfide) groups is 1. The molecule has 2 aromatic carbocycles. The van der Waals surface area contributed by atoms with Gasteiger partial charge in [0.2, 0.25) is 0 Å². The quantitative estimate of drug-likeness (QED) is 0.479. The summed E-state index contributed by atoms with van der Waals surface area (Å²) in [4.78, 5) is 28.6. The lowest BCUT2D eigenvalue weighted by Gasteiger charge is -2.11. The van der Waals surface area contributed by atoms with Crippen LogP contribution in [0.15, 0.2) is 59.9 Å². The van der Waals surface area contributed by atoms with Crippen molar-refractivity contribution in [3.05, 3.63) is 71.3 Å². The van der Waals surface area contributed by atoms with Crippen molar-refractivity contribution < 1.29 is 18.7 Å². The van der Waals surface area contributed by atoms with Gasteiger partial charge in [-0.25, -0.2) is 14.2 Å². The molecule has 0 spiro atoms. The Morgan fingerprint density at radius 1 is 1.18 bits per heavy atom. The summed E-state index contributed by atoms with van der Waals surface area (Å²) < 4.78 is 19.9. The highest BCUT2D eigenvalue weighted by atomic mass is 35.5. The summed E-state index contributed by atoms with van der Waals surface area (Å²) in [6.45, 7) is -0.468. The molecule has 0 radical (unpaired) electrons. The number of hydrogen-bond acceptors (Lipinski definition) is 5. The fraction of sp³-hybridized carbons (Fsp3) is 0.105. The lowest BCUT2D eigenvalue weighted by atomic mass is 10.3. The molecule has 6 nitrogen and oxygen atoms in total. The number of ether oxygens (including phenoxy) is 1. The number of carbonyl (C=O) groups is 2. The number of hydrogen-bond donors (Lipinski definition) is 1. The molecular formula is C19H15ClFN3O3S. The molecule has 1 N–H and O–H groups in total. The summed E-state index contributed by atoms with van der Waals surface area (Å²) in [5, 5.41) is 3.68. The standard InChI is InChI=1S/C19H15ClFN3O3S/c1-28-19-22-10-16(24(19)15-8-4-13(21)5-9-15)18(26)27-11-17(25)23-14-6-2-12(20)3-7-14/h2-10H,11H2,1H3,(H,23,25). The van der Waals surface area contributed by atoms with Crippen molar-refractivity contribution in [3.8, 4) is 5.69 Å². The van der Waals surface area contributed by atoms with Crippen LogP contribution >= 0.6 is 23.4 Å². The first kappa shape index (κ1) is 19.9. The van der Waals surface area contributed by atoms with E-state index >= 15 is 0 Å². The Labute approximate surface area is 169 Å². The van der Waals surface area contributed by atoms with Gasteiger partial charge in [-0.3, -0.25) is 9.36 Å². The van der Waals surface area contributed by atoms with E-state index < -0.39 is 24.3 Å². The zero-order chi connectivity index (χ0) is 20.1. The van der Waals surface area contributed by atoms with Gasteiger partial charge in [0.1, 0.15) is 5.82 Å². The van der Waals surface area contributed by atoms with Crippen LogP contribution in [0.3, 0.4) is 0 Å². The van der Waals surface area contributed by atoms with Gasteiger partial charge in [0.25, 0.3) is 5.91 Å². The van der Waals surface area contributed by atoms with Crippen molar-refractivity contribution in [1.29, 1.82) is 0 Å². The number of nitrogens with one attached hydrogen (secondary N) is 1. The Kier molecular flexibility index (Phi) is 6.33. The minimum absolute atomic E-state index is 0.134. The van der Waals surface area contributed by atoms with Crippen LogP contribution in [0.4, 0.5) is 10.1 Å². The third-order valence-electron chi connectivity index (χ3n) is 3.67. The number of aromatic nitrogens is 2. The maximum Gasteiger partial charge on any atom is 0.357 e. The molecule has 0 atom stereocenters. The number of amides is 1. The lowest BCUT2D eigenvalue weighted by Crippen LogP contribution is -2.22. The van der Waals surface area contributed by atoms with Gasteiger partial charge in [-0.2, -0.15) is 0 Å². The molecule has 0 saturated carbocycles. The van der Waals surface area contributed by atoms with Crippen LogP contribution in [-0.2, 0) is 9.53 Å². The second-order valence-corrected chi connectivity index (χ2v) is 6.78. The van der Waals surface area contributed by atoms with E-state index in [2.05, 4.69) is 10.3 Å². The Bertz CT molecular complexity index is 991. The summed E-state index contributed by atoms with van der Waals surface area (Å²) in [6.07, 6.45) is 3.16. The molecule has 0 aliphatic rings. The van der Waals surface area contributed by atoms with Crippen molar-refractivity contribution in [1.82, 2.24) is 9.55 Å². The second kappa shape index (κ2) is 8.90. The molecule has 3 rings (SSSR count). The molecule has 1 aromatic heterocycles. The average molecular weight is 420 g/mol. The van der Waals surface area contributed by atoms with E-state index in [1.165, 1.54) is 42.2 Å². The molecule has 0 aliphatic carbocycles. The van der Waals surface area contributed by atoms with Crippen molar-refractivity contribution in [3.63, 3.8) is 0 Å². The van der Waals surface area contributed by atoms with Gasteiger partial charge in [-0.05, 0) is 54.8 Å². The molecule has 0 saturated heterocycles. The normalized spacial score (nSPS) is 10.5. The third-order valence-corrected chi connectivity index (χ3v) is 4.57. The minimum atomic E-state index is -0.719. The molecule has 9 heteroatoms. The first-order valence-electron chi connectivity index (χ1n) is 8.08. The Hall–Kier alpha value is -2.84. The van der Waals surface area contributed by atoms with Crippen LogP contribution in [0.1, 0.15) is 10.5 Å². The number of halogens is 2. The number of rotatable bonds is 6. The smallest absolute Gasteiger partial charge is 0.357 e. The van der Waals surface area contributed by atoms with Gasteiger partial charge in [-0.15, -0.1) is 0 Å². The molecule has 0 bridgehead atoms. The predicted molar refractivity (Wildman–Crippen MR) is 106 cm³/mol. The van der Waals surface area contributed by atoms with Crippen LogP contribution in [-0.4, -0.2) is 34.3 Å². The molecule has 0 fully saturated rings. The van der Waals surface area contributed by atoms with E-state index in [4.69, 9.17) is 16.3 Å². The van der Waals surface area contributed by atoms with Gasteiger partial charge in [0.05, 0.1) is 6.20 Å². The molecule has 0 unspecified atom stereocenters. The zero-order valence-corrected chi connectivity index (χ0v) is 16.3. The zero-order valence-electron chi connectivity index (χ0n) is 14.7. The maximum absolute atomic E-state index is 13.2. The first-order chi connectivity index (χ1) is 13.5. The van der Waals surface area contributed by atoms with E-state index in [-0.39, 0.29) is 5.69 Å². The van der Waals surface area contributed by atoms with Crippen LogP contribution in [0.25, 0.3) is 5.69 Å². The van der Waals surface area contributed by atoms with Crippen molar-refractivity contribution in [2.24, 2.45) is 0 Å². The van der Waals surface area contributed by atoms with Crippen molar-refractivity contribution in [2.75, 3.05) is 18.2 Å². The molecule has 0 aliphatic heterocycles. The van der Waals surface area contributed by atoms with Gasteiger partial charge >= 0.3 is 5.97 Å². The number of nitrogens with zero attached hydrogens (tertiary/aromatic N) is 2. The number of anilines is 1. The number of esters is 1. The van der Waals surface area contributed by atoms with E-state index in [0.717, 1.165) is 0 Å². The summed E-state index contributed by atoms with van der Waals surface area (Å²) in [5.41, 5.74) is 1.22. The number of benzene rings is 2. The van der Waals surface area contributed by atoms with Gasteiger partial charge < -0.3 is 10.1 Å². The van der Waals surface area contributed by atoms with Crippen LogP contribution in [0.5, 0.6) is 0 Å².